The lowest BCUT2D eigenvalue weighted by Gasteiger charge is -2.15. The van der Waals surface area contributed by atoms with Crippen LogP contribution in [0, 0.1) is 6.07 Å². The molecule has 1 aromatic rings. The summed E-state index contributed by atoms with van der Waals surface area (Å²) in [5, 5.41) is 0. The molecule has 0 heteroatoms. The molecule has 1 radical (unpaired) electrons. The summed E-state index contributed by atoms with van der Waals surface area (Å²) in [7, 11) is 0. The maximum atomic E-state index is 3.66. The molecular formula is C75H143. The van der Waals surface area contributed by atoms with Crippen LogP contribution in [0.5, 0.6) is 0 Å². The second-order valence-corrected chi connectivity index (χ2v) is 25.4. The number of unbranched alkanes of at least 4 members (excludes halogenated alkanes) is 60. The minimum atomic E-state index is 1.29. The molecule has 1 aromatic carbocycles. The lowest BCUT2D eigenvalue weighted by molar-refractivity contribution is 0.519. The summed E-state index contributed by atoms with van der Waals surface area (Å²) in [5.74, 6) is 0. The number of aryl methyl sites for hydroxylation is 2. The summed E-state index contributed by atoms with van der Waals surface area (Å²) in [5.41, 5.74) is 5.09. The number of rotatable bonds is 66. The van der Waals surface area contributed by atoms with Crippen LogP contribution in [0.2, 0.25) is 0 Å². The van der Waals surface area contributed by atoms with E-state index in [0.29, 0.717) is 0 Å². The minimum Gasteiger partial charge on any atom is -0.0654 e. The highest BCUT2D eigenvalue weighted by Crippen LogP contribution is 2.25. The van der Waals surface area contributed by atoms with Gasteiger partial charge in [-0.3, -0.25) is 0 Å². The van der Waals surface area contributed by atoms with Gasteiger partial charge in [0.2, 0.25) is 0 Å². The zero-order chi connectivity index (χ0) is 53.5. The van der Waals surface area contributed by atoms with Crippen molar-refractivity contribution in [2.45, 2.75) is 445 Å². The third kappa shape index (κ3) is 54.9. The van der Waals surface area contributed by atoms with E-state index in [0.717, 1.165) is 0 Å². The zero-order valence-electron chi connectivity index (χ0n) is 52.8. The van der Waals surface area contributed by atoms with Gasteiger partial charge in [0.15, 0.2) is 0 Å². The quantitative estimate of drug-likeness (QED) is 0.0571. The first-order chi connectivity index (χ1) is 37.3. The van der Waals surface area contributed by atoms with Gasteiger partial charge in [-0.2, -0.15) is 0 Å². The Kier molecular flexibility index (Phi) is 61.7. The molecule has 0 amide bonds. The molecule has 0 heterocycles. The maximum Gasteiger partial charge on any atom is -0.0178 e. The summed E-state index contributed by atoms with van der Waals surface area (Å²) in [6.07, 6.45) is 96.0. The highest BCUT2D eigenvalue weighted by Gasteiger charge is 2.10. The van der Waals surface area contributed by atoms with Gasteiger partial charge < -0.3 is 0 Å². The third-order valence-electron chi connectivity index (χ3n) is 17.9. The van der Waals surface area contributed by atoms with Crippen molar-refractivity contribution < 1.29 is 0 Å². The normalized spacial score (nSPS) is 11.7. The van der Waals surface area contributed by atoms with E-state index in [9.17, 15) is 0 Å². The molecule has 75 heavy (non-hydrogen) atoms. The first kappa shape index (κ1) is 72.2. The number of hydrogen-bond donors (Lipinski definition) is 0. The summed E-state index contributed by atoms with van der Waals surface area (Å²) < 4.78 is 0. The van der Waals surface area contributed by atoms with Crippen LogP contribution in [0.3, 0.4) is 0 Å². The zero-order valence-corrected chi connectivity index (χ0v) is 52.8. The van der Waals surface area contributed by atoms with Gasteiger partial charge in [-0.1, -0.05) is 418 Å². The van der Waals surface area contributed by atoms with Crippen molar-refractivity contribution in [3.05, 3.63) is 34.9 Å². The smallest absolute Gasteiger partial charge is 0.0178 e. The molecule has 1 rings (SSSR count). The summed E-state index contributed by atoms with van der Waals surface area (Å²) >= 11 is 0. The van der Waals surface area contributed by atoms with Crippen LogP contribution in [0.25, 0.3) is 0 Å². The van der Waals surface area contributed by atoms with Crippen molar-refractivity contribution >= 4 is 0 Å². The molecule has 0 atom stereocenters. The molecular weight excluding hydrogens is 901 g/mol. The van der Waals surface area contributed by atoms with Crippen LogP contribution >= 0.6 is 0 Å². The molecule has 0 N–H and O–H groups in total. The van der Waals surface area contributed by atoms with Crippen LogP contribution in [0.15, 0.2) is 12.1 Å². The maximum absolute atomic E-state index is 3.66. The fraction of sp³-hybridized carbons (Fsp3) is 0.920. The lowest BCUT2D eigenvalue weighted by atomic mass is 9.90. The van der Waals surface area contributed by atoms with Gasteiger partial charge in [0, 0.05) is 0 Å². The van der Waals surface area contributed by atoms with E-state index in [-0.39, 0.29) is 0 Å². The number of hydrogen-bond acceptors (Lipinski definition) is 0. The molecule has 0 aromatic heterocycles. The fourth-order valence-electron chi connectivity index (χ4n) is 12.6. The Morgan fingerprint density at radius 2 is 0.307 bits per heavy atom. The lowest BCUT2D eigenvalue weighted by Crippen LogP contribution is -2.02. The Balaban J connectivity index is 2.25. The van der Waals surface area contributed by atoms with Gasteiger partial charge >= 0.3 is 0 Å². The van der Waals surface area contributed by atoms with Gasteiger partial charge in [-0.05, 0) is 61.3 Å². The van der Waals surface area contributed by atoms with E-state index in [2.05, 4.69) is 39.0 Å². The van der Waals surface area contributed by atoms with Crippen molar-refractivity contribution in [2.75, 3.05) is 0 Å². The van der Waals surface area contributed by atoms with Crippen molar-refractivity contribution in [2.24, 2.45) is 0 Å². The second-order valence-electron chi connectivity index (χ2n) is 25.4. The average Bonchev–Trinajstić information content (AvgIpc) is 3.42. The van der Waals surface area contributed by atoms with E-state index in [4.69, 9.17) is 0 Å². The molecule has 0 unspecified atom stereocenters. The molecule has 0 spiro atoms. The van der Waals surface area contributed by atoms with Crippen molar-refractivity contribution in [1.82, 2.24) is 0 Å². The Morgan fingerprint density at radius 1 is 0.173 bits per heavy atom. The van der Waals surface area contributed by atoms with Crippen LogP contribution in [0.4, 0.5) is 0 Å². The predicted octanol–water partition coefficient (Wildman–Crippen LogP) is 27.8. The van der Waals surface area contributed by atoms with Crippen molar-refractivity contribution in [3.8, 4) is 0 Å². The molecule has 0 nitrogen and oxygen atoms in total. The molecule has 0 aliphatic carbocycles. The van der Waals surface area contributed by atoms with Gasteiger partial charge in [0.05, 0.1) is 0 Å². The van der Waals surface area contributed by atoms with Gasteiger partial charge in [-0.15, -0.1) is 0 Å². The standard InChI is InChI=1S/C75H143/c1-4-7-10-13-16-19-22-25-28-31-34-37-40-43-46-49-52-55-58-61-64-68-73-70-67-71-74(69-65-62-59-56-53-50-47-44-41-38-35-32-29-26-23-20-17-14-11-8-5-2)75(73)72-66-63-60-57-54-51-48-45-42-39-36-33-30-27-24-21-18-15-12-9-6-3/h70-71H,4-66,68-69,72H2,1-3H3. The number of benzene rings is 1. The Hall–Kier alpha value is -0.780. The van der Waals surface area contributed by atoms with E-state index >= 15 is 0 Å². The van der Waals surface area contributed by atoms with E-state index < -0.39 is 0 Å². The van der Waals surface area contributed by atoms with Crippen LogP contribution in [-0.4, -0.2) is 0 Å². The third-order valence-corrected chi connectivity index (χ3v) is 17.9. The van der Waals surface area contributed by atoms with Crippen LogP contribution < -0.4 is 0 Å². The molecule has 0 saturated heterocycles. The Bertz CT molecular complexity index is 1100. The molecule has 0 aliphatic rings. The highest BCUT2D eigenvalue weighted by molar-refractivity contribution is 5.35. The Morgan fingerprint density at radius 3 is 0.467 bits per heavy atom. The van der Waals surface area contributed by atoms with E-state index in [1.165, 1.54) is 424 Å². The topological polar surface area (TPSA) is 0 Å². The van der Waals surface area contributed by atoms with Gasteiger partial charge in [-0.25, -0.2) is 0 Å². The summed E-state index contributed by atoms with van der Waals surface area (Å²) in [6, 6.07) is 8.48. The van der Waals surface area contributed by atoms with Crippen LogP contribution in [0.1, 0.15) is 442 Å². The monoisotopic (exact) mass is 1040 g/mol. The summed E-state index contributed by atoms with van der Waals surface area (Å²) in [6.45, 7) is 6.96. The summed E-state index contributed by atoms with van der Waals surface area (Å²) in [4.78, 5) is 0. The average molecular weight is 1040 g/mol. The molecule has 0 saturated carbocycles. The molecule has 443 valence electrons. The van der Waals surface area contributed by atoms with Gasteiger partial charge in [0.1, 0.15) is 0 Å². The first-order valence-electron chi connectivity index (χ1n) is 36.3. The largest absolute Gasteiger partial charge is 0.0654 e. The first-order valence-corrected chi connectivity index (χ1v) is 36.3. The SMILES string of the molecule is CCCCCCCCCCCCCCCCCCCCCCCc1c[c]cc(CCCCCCCCCCCCCCCCCCCCCCC)c1CCCCCCCCCCCCCCCCCCCCCCC. The highest BCUT2D eigenvalue weighted by atomic mass is 14.2. The van der Waals surface area contributed by atoms with Crippen molar-refractivity contribution in [1.29, 1.82) is 0 Å². The van der Waals surface area contributed by atoms with E-state index in [1.807, 2.05) is 0 Å². The predicted molar refractivity (Wildman–Crippen MR) is 344 cm³/mol. The van der Waals surface area contributed by atoms with Gasteiger partial charge in [0.25, 0.3) is 0 Å². The molecule has 0 bridgehead atoms. The molecule has 0 aliphatic heterocycles. The van der Waals surface area contributed by atoms with Crippen molar-refractivity contribution in [3.63, 3.8) is 0 Å². The Labute approximate surface area is 477 Å². The van der Waals surface area contributed by atoms with E-state index in [1.54, 1.807) is 16.7 Å². The fourth-order valence-corrected chi connectivity index (χ4v) is 12.6. The second kappa shape index (κ2) is 64.0. The molecule has 0 fully saturated rings. The minimum absolute atomic E-state index is 1.29. The van der Waals surface area contributed by atoms with Crippen LogP contribution in [-0.2, 0) is 19.3 Å².